The van der Waals surface area contributed by atoms with E-state index in [9.17, 15) is 0 Å². The summed E-state index contributed by atoms with van der Waals surface area (Å²) in [6, 6.07) is 0.439. The standard InChI is InChI=1S/C16H27N3O2/c1-4-17-10-15-12(2)18-19(13(15)3)14-5-7-21-16(9-14)6-8-20-11-16/h14,17H,4-11H2,1-3H3. The highest BCUT2D eigenvalue weighted by atomic mass is 16.6. The zero-order valence-corrected chi connectivity index (χ0v) is 13.4. The van der Waals surface area contributed by atoms with Gasteiger partial charge in [-0.3, -0.25) is 4.68 Å². The molecule has 5 nitrogen and oxygen atoms in total. The van der Waals surface area contributed by atoms with Crippen molar-refractivity contribution in [3.05, 3.63) is 17.0 Å². The Morgan fingerprint density at radius 1 is 1.38 bits per heavy atom. The van der Waals surface area contributed by atoms with E-state index in [1.165, 1.54) is 11.3 Å². The molecule has 1 spiro atoms. The van der Waals surface area contributed by atoms with Crippen molar-refractivity contribution in [1.82, 2.24) is 15.1 Å². The summed E-state index contributed by atoms with van der Waals surface area (Å²) in [5.74, 6) is 0. The average molecular weight is 293 g/mol. The molecule has 2 atom stereocenters. The minimum Gasteiger partial charge on any atom is -0.378 e. The molecule has 0 aliphatic carbocycles. The molecule has 1 aromatic heterocycles. The lowest BCUT2D eigenvalue weighted by Gasteiger charge is -2.37. The van der Waals surface area contributed by atoms with Crippen molar-refractivity contribution in [3.63, 3.8) is 0 Å². The zero-order chi connectivity index (χ0) is 14.9. The van der Waals surface area contributed by atoms with Crippen LogP contribution in [-0.4, -0.2) is 41.7 Å². The van der Waals surface area contributed by atoms with E-state index in [0.29, 0.717) is 6.04 Å². The second kappa shape index (κ2) is 6.07. The van der Waals surface area contributed by atoms with E-state index in [0.717, 1.165) is 57.9 Å². The van der Waals surface area contributed by atoms with E-state index in [2.05, 4.69) is 30.8 Å². The highest BCUT2D eigenvalue weighted by molar-refractivity contribution is 5.25. The van der Waals surface area contributed by atoms with Gasteiger partial charge in [-0.15, -0.1) is 0 Å². The Morgan fingerprint density at radius 3 is 2.95 bits per heavy atom. The summed E-state index contributed by atoms with van der Waals surface area (Å²) in [6.45, 7) is 10.7. The number of aromatic nitrogens is 2. The summed E-state index contributed by atoms with van der Waals surface area (Å²) in [5.41, 5.74) is 3.74. The Bertz CT molecular complexity index is 492. The Balaban J connectivity index is 1.80. The fraction of sp³-hybridized carbons (Fsp3) is 0.812. The maximum atomic E-state index is 6.04. The number of nitrogens with one attached hydrogen (secondary N) is 1. The average Bonchev–Trinajstić information content (AvgIpc) is 3.03. The van der Waals surface area contributed by atoms with Crippen LogP contribution in [0.25, 0.3) is 0 Å². The maximum absolute atomic E-state index is 6.04. The third-order valence-electron chi connectivity index (χ3n) is 4.91. The van der Waals surface area contributed by atoms with Gasteiger partial charge < -0.3 is 14.8 Å². The van der Waals surface area contributed by atoms with E-state index < -0.39 is 0 Å². The molecule has 0 saturated carbocycles. The Hall–Kier alpha value is -0.910. The molecule has 1 aromatic rings. The summed E-state index contributed by atoms with van der Waals surface area (Å²) in [7, 11) is 0. The number of rotatable bonds is 4. The first-order valence-electron chi connectivity index (χ1n) is 8.12. The van der Waals surface area contributed by atoms with Crippen molar-refractivity contribution in [2.75, 3.05) is 26.4 Å². The fourth-order valence-corrected chi connectivity index (χ4v) is 3.63. The van der Waals surface area contributed by atoms with Crippen LogP contribution in [0, 0.1) is 13.8 Å². The van der Waals surface area contributed by atoms with Crippen LogP contribution in [0.1, 0.15) is 49.2 Å². The zero-order valence-electron chi connectivity index (χ0n) is 13.4. The topological polar surface area (TPSA) is 48.3 Å². The smallest absolute Gasteiger partial charge is 0.0957 e. The number of ether oxygens (including phenoxy) is 2. The van der Waals surface area contributed by atoms with Crippen molar-refractivity contribution in [2.24, 2.45) is 0 Å². The highest BCUT2D eigenvalue weighted by Crippen LogP contribution is 2.38. The summed E-state index contributed by atoms with van der Waals surface area (Å²) in [6.07, 6.45) is 3.09. The van der Waals surface area contributed by atoms with Gasteiger partial charge >= 0.3 is 0 Å². The quantitative estimate of drug-likeness (QED) is 0.924. The molecule has 0 amide bonds. The van der Waals surface area contributed by atoms with Crippen molar-refractivity contribution in [3.8, 4) is 0 Å². The van der Waals surface area contributed by atoms with Gasteiger partial charge in [-0.05, 0) is 26.8 Å². The Morgan fingerprint density at radius 2 is 2.24 bits per heavy atom. The Kier molecular flexibility index (Phi) is 4.33. The first-order chi connectivity index (χ1) is 10.2. The molecule has 3 rings (SSSR count). The predicted octanol–water partition coefficient (Wildman–Crippen LogP) is 2.12. The summed E-state index contributed by atoms with van der Waals surface area (Å²) in [4.78, 5) is 0. The van der Waals surface area contributed by atoms with Gasteiger partial charge in [0.1, 0.15) is 0 Å². The van der Waals surface area contributed by atoms with Gasteiger partial charge in [0, 0.05) is 43.9 Å². The molecular formula is C16H27N3O2. The Labute approximate surface area is 127 Å². The highest BCUT2D eigenvalue weighted by Gasteiger charge is 2.42. The third kappa shape index (κ3) is 2.87. The molecule has 2 saturated heterocycles. The number of hydrogen-bond acceptors (Lipinski definition) is 4. The monoisotopic (exact) mass is 293 g/mol. The summed E-state index contributed by atoms with van der Waals surface area (Å²) >= 11 is 0. The second-order valence-corrected chi connectivity index (χ2v) is 6.35. The number of hydrogen-bond donors (Lipinski definition) is 1. The van der Waals surface area contributed by atoms with E-state index in [-0.39, 0.29) is 5.60 Å². The first kappa shape index (κ1) is 15.0. The molecule has 0 bridgehead atoms. The van der Waals surface area contributed by atoms with Gasteiger partial charge in [-0.25, -0.2) is 0 Å². The van der Waals surface area contributed by atoms with Gasteiger partial charge in [0.15, 0.2) is 0 Å². The van der Waals surface area contributed by atoms with Gasteiger partial charge in [0.25, 0.3) is 0 Å². The van der Waals surface area contributed by atoms with E-state index in [1.54, 1.807) is 0 Å². The van der Waals surface area contributed by atoms with Crippen molar-refractivity contribution in [2.45, 2.75) is 58.2 Å². The lowest BCUT2D eigenvalue weighted by atomic mass is 9.89. The third-order valence-corrected chi connectivity index (χ3v) is 4.91. The number of nitrogens with zero attached hydrogens (tertiary/aromatic N) is 2. The SMILES string of the molecule is CCNCc1c(C)nn(C2CCOC3(CCOC3)C2)c1C. The van der Waals surface area contributed by atoms with Crippen LogP contribution in [0.5, 0.6) is 0 Å². The fourth-order valence-electron chi connectivity index (χ4n) is 3.63. The molecule has 2 unspecified atom stereocenters. The first-order valence-corrected chi connectivity index (χ1v) is 8.12. The van der Waals surface area contributed by atoms with Crippen LogP contribution in [-0.2, 0) is 16.0 Å². The second-order valence-electron chi connectivity index (χ2n) is 6.35. The van der Waals surface area contributed by atoms with Crippen molar-refractivity contribution < 1.29 is 9.47 Å². The van der Waals surface area contributed by atoms with E-state index in [4.69, 9.17) is 14.6 Å². The molecule has 0 radical (unpaired) electrons. The molecular weight excluding hydrogens is 266 g/mol. The van der Waals surface area contributed by atoms with Gasteiger partial charge in [0.2, 0.25) is 0 Å². The summed E-state index contributed by atoms with van der Waals surface area (Å²) < 4.78 is 13.9. The van der Waals surface area contributed by atoms with Crippen molar-refractivity contribution in [1.29, 1.82) is 0 Å². The number of aryl methyl sites for hydroxylation is 1. The minimum absolute atomic E-state index is 0.0585. The van der Waals surface area contributed by atoms with Crippen molar-refractivity contribution >= 4 is 0 Å². The normalized spacial score (nSPS) is 29.4. The van der Waals surface area contributed by atoms with E-state index in [1.807, 2.05) is 0 Å². The van der Waals surface area contributed by atoms with Crippen LogP contribution in [0.15, 0.2) is 0 Å². The minimum atomic E-state index is -0.0585. The van der Waals surface area contributed by atoms with Crippen LogP contribution < -0.4 is 5.32 Å². The van der Waals surface area contributed by atoms with Gasteiger partial charge in [-0.2, -0.15) is 5.10 Å². The van der Waals surface area contributed by atoms with Gasteiger partial charge in [-0.1, -0.05) is 6.92 Å². The van der Waals surface area contributed by atoms with Crippen LogP contribution in [0.3, 0.4) is 0 Å². The molecule has 2 fully saturated rings. The maximum Gasteiger partial charge on any atom is 0.0957 e. The molecule has 0 aromatic carbocycles. The predicted molar refractivity (Wildman–Crippen MR) is 81.5 cm³/mol. The van der Waals surface area contributed by atoms with Crippen LogP contribution in [0.2, 0.25) is 0 Å². The van der Waals surface area contributed by atoms with Crippen LogP contribution in [0.4, 0.5) is 0 Å². The molecule has 1 N–H and O–H groups in total. The molecule has 2 aliphatic rings. The van der Waals surface area contributed by atoms with Crippen LogP contribution >= 0.6 is 0 Å². The molecule has 5 heteroatoms. The molecule has 3 heterocycles. The molecule has 21 heavy (non-hydrogen) atoms. The lowest BCUT2D eigenvalue weighted by molar-refractivity contribution is -0.0965. The molecule has 118 valence electrons. The largest absolute Gasteiger partial charge is 0.378 e. The summed E-state index contributed by atoms with van der Waals surface area (Å²) in [5, 5.41) is 8.23. The van der Waals surface area contributed by atoms with E-state index >= 15 is 0 Å². The van der Waals surface area contributed by atoms with Gasteiger partial charge in [0.05, 0.1) is 23.9 Å². The molecule has 2 aliphatic heterocycles. The lowest BCUT2D eigenvalue weighted by Crippen LogP contribution is -2.41.